The lowest BCUT2D eigenvalue weighted by atomic mass is 10.3. The van der Waals surface area contributed by atoms with E-state index in [1.54, 1.807) is 12.4 Å². The summed E-state index contributed by atoms with van der Waals surface area (Å²) in [7, 11) is 0. The summed E-state index contributed by atoms with van der Waals surface area (Å²) >= 11 is 0. The molecule has 14 heavy (non-hydrogen) atoms. The zero-order valence-electron chi connectivity index (χ0n) is 7.12. The molecule has 0 atom stereocenters. The van der Waals surface area contributed by atoms with Gasteiger partial charge in [0.05, 0.1) is 23.4 Å². The maximum Gasteiger partial charge on any atom is 0.116 e. The Morgan fingerprint density at radius 2 is 1.29 bits per heavy atom. The third-order valence-electron chi connectivity index (χ3n) is 1.96. The lowest BCUT2D eigenvalue weighted by Gasteiger charge is -1.97. The summed E-state index contributed by atoms with van der Waals surface area (Å²) in [6.07, 6.45) is 6.34. The predicted octanol–water partition coefficient (Wildman–Crippen LogP) is 0.968. The molecule has 66 valence electrons. The van der Waals surface area contributed by atoms with Crippen LogP contribution in [0.1, 0.15) is 0 Å². The first kappa shape index (κ1) is 7.25. The fourth-order valence-electron chi connectivity index (χ4n) is 1.32. The Bertz CT molecular complexity index is 502. The molecule has 0 aromatic carbocycles. The van der Waals surface area contributed by atoms with Crippen molar-refractivity contribution >= 4 is 22.1 Å². The summed E-state index contributed by atoms with van der Waals surface area (Å²) in [4.78, 5) is 20.3. The van der Waals surface area contributed by atoms with Crippen LogP contribution < -0.4 is 0 Å². The van der Waals surface area contributed by atoms with Gasteiger partial charge < -0.3 is 0 Å². The van der Waals surface area contributed by atoms with Crippen LogP contribution in [-0.4, -0.2) is 24.9 Å². The average molecular weight is 183 g/mol. The highest BCUT2D eigenvalue weighted by Crippen LogP contribution is 2.13. The standard InChI is InChI=1S/C9H5N5/c1-6-8(2-10-4-12-6)14-9-3-11-5-13-7(1)9/h1-5H. The molecule has 3 heterocycles. The third-order valence-corrected chi connectivity index (χ3v) is 1.96. The second-order valence-corrected chi connectivity index (χ2v) is 2.84. The van der Waals surface area contributed by atoms with Crippen molar-refractivity contribution in [1.82, 2.24) is 24.9 Å². The Morgan fingerprint density at radius 3 is 1.86 bits per heavy atom. The van der Waals surface area contributed by atoms with Crippen molar-refractivity contribution in [3.05, 3.63) is 31.1 Å². The molecule has 3 aromatic rings. The van der Waals surface area contributed by atoms with Crippen LogP contribution in [0.15, 0.2) is 31.1 Å². The number of hydrogen-bond acceptors (Lipinski definition) is 5. The van der Waals surface area contributed by atoms with Crippen LogP contribution in [0.25, 0.3) is 22.1 Å². The Kier molecular flexibility index (Phi) is 1.38. The molecule has 3 rings (SSSR count). The normalized spacial score (nSPS) is 10.9. The maximum atomic E-state index is 4.33. The van der Waals surface area contributed by atoms with E-state index in [0.29, 0.717) is 0 Å². The largest absolute Gasteiger partial charge is 0.243 e. The molecule has 0 unspecified atom stereocenters. The van der Waals surface area contributed by atoms with Gasteiger partial charge in [-0.15, -0.1) is 0 Å². The van der Waals surface area contributed by atoms with Gasteiger partial charge in [0.15, 0.2) is 0 Å². The SMILES string of the molecule is c1ncc2nc3cncnc3cc2n1. The lowest BCUT2D eigenvalue weighted by molar-refractivity contribution is 1.18. The number of rotatable bonds is 0. The van der Waals surface area contributed by atoms with E-state index in [0.717, 1.165) is 22.1 Å². The summed E-state index contributed by atoms with van der Waals surface area (Å²) in [5.74, 6) is 0. The van der Waals surface area contributed by atoms with E-state index in [1.807, 2.05) is 6.07 Å². The average Bonchev–Trinajstić information content (AvgIpc) is 2.26. The molecule has 0 N–H and O–H groups in total. The Morgan fingerprint density at radius 1 is 0.714 bits per heavy atom. The molecule has 0 aliphatic rings. The Labute approximate surface area is 78.9 Å². The van der Waals surface area contributed by atoms with Gasteiger partial charge in [0.2, 0.25) is 0 Å². The van der Waals surface area contributed by atoms with E-state index in [9.17, 15) is 0 Å². The van der Waals surface area contributed by atoms with Gasteiger partial charge in [-0.3, -0.25) is 0 Å². The van der Waals surface area contributed by atoms with Crippen molar-refractivity contribution in [3.8, 4) is 0 Å². The van der Waals surface area contributed by atoms with Gasteiger partial charge in [-0.25, -0.2) is 24.9 Å². The fraction of sp³-hybridized carbons (Fsp3) is 0. The van der Waals surface area contributed by atoms with E-state index in [1.165, 1.54) is 12.7 Å². The molecular weight excluding hydrogens is 178 g/mol. The van der Waals surface area contributed by atoms with Gasteiger partial charge in [-0.1, -0.05) is 0 Å². The first-order valence-electron chi connectivity index (χ1n) is 4.10. The van der Waals surface area contributed by atoms with Crippen molar-refractivity contribution in [2.45, 2.75) is 0 Å². The number of hydrogen-bond donors (Lipinski definition) is 0. The highest BCUT2D eigenvalue weighted by atomic mass is 14.9. The van der Waals surface area contributed by atoms with Crippen molar-refractivity contribution in [2.24, 2.45) is 0 Å². The smallest absolute Gasteiger partial charge is 0.116 e. The first-order chi connectivity index (χ1) is 6.93. The zero-order valence-corrected chi connectivity index (χ0v) is 7.12. The molecule has 0 aliphatic heterocycles. The minimum Gasteiger partial charge on any atom is -0.243 e. The summed E-state index contributed by atoms with van der Waals surface area (Å²) in [5, 5.41) is 0. The van der Waals surface area contributed by atoms with Gasteiger partial charge in [0.25, 0.3) is 0 Å². The summed E-state index contributed by atoms with van der Waals surface area (Å²) < 4.78 is 0. The topological polar surface area (TPSA) is 64.5 Å². The van der Waals surface area contributed by atoms with E-state index < -0.39 is 0 Å². The molecular formula is C9H5N5. The van der Waals surface area contributed by atoms with Crippen molar-refractivity contribution < 1.29 is 0 Å². The van der Waals surface area contributed by atoms with Crippen molar-refractivity contribution in [2.75, 3.05) is 0 Å². The number of pyridine rings is 1. The van der Waals surface area contributed by atoms with Crippen LogP contribution >= 0.6 is 0 Å². The molecule has 5 nitrogen and oxygen atoms in total. The summed E-state index contributed by atoms with van der Waals surface area (Å²) in [6.45, 7) is 0. The second-order valence-electron chi connectivity index (χ2n) is 2.84. The van der Waals surface area contributed by atoms with Crippen molar-refractivity contribution in [1.29, 1.82) is 0 Å². The van der Waals surface area contributed by atoms with Crippen LogP contribution in [-0.2, 0) is 0 Å². The van der Waals surface area contributed by atoms with Crippen LogP contribution in [0.5, 0.6) is 0 Å². The van der Waals surface area contributed by atoms with Gasteiger partial charge in [0, 0.05) is 0 Å². The van der Waals surface area contributed by atoms with Crippen LogP contribution in [0.3, 0.4) is 0 Å². The first-order valence-corrected chi connectivity index (χ1v) is 4.10. The molecule has 5 heteroatoms. The van der Waals surface area contributed by atoms with E-state index in [-0.39, 0.29) is 0 Å². The Hall–Kier alpha value is -2.17. The highest BCUT2D eigenvalue weighted by molar-refractivity contribution is 5.87. The molecule has 0 saturated heterocycles. The lowest BCUT2D eigenvalue weighted by Crippen LogP contribution is -1.88. The van der Waals surface area contributed by atoms with Gasteiger partial charge in [-0.2, -0.15) is 0 Å². The van der Waals surface area contributed by atoms with E-state index >= 15 is 0 Å². The van der Waals surface area contributed by atoms with Gasteiger partial charge in [0.1, 0.15) is 23.7 Å². The summed E-state index contributed by atoms with van der Waals surface area (Å²) in [6, 6.07) is 1.88. The molecule has 0 saturated carbocycles. The molecule has 0 amide bonds. The molecule has 0 fully saturated rings. The minimum atomic E-state index is 0.759. The van der Waals surface area contributed by atoms with Gasteiger partial charge in [-0.05, 0) is 6.07 Å². The second kappa shape index (κ2) is 2.66. The Balaban J connectivity index is 2.52. The maximum absolute atomic E-state index is 4.33. The number of aromatic nitrogens is 5. The molecule has 0 bridgehead atoms. The minimum absolute atomic E-state index is 0.759. The summed E-state index contributed by atoms with van der Waals surface area (Å²) in [5.41, 5.74) is 3.11. The van der Waals surface area contributed by atoms with Crippen LogP contribution in [0.4, 0.5) is 0 Å². The fourth-order valence-corrected chi connectivity index (χ4v) is 1.32. The van der Waals surface area contributed by atoms with E-state index in [2.05, 4.69) is 24.9 Å². The molecule has 0 radical (unpaired) electrons. The number of nitrogens with zero attached hydrogens (tertiary/aromatic N) is 5. The van der Waals surface area contributed by atoms with E-state index in [4.69, 9.17) is 0 Å². The molecule has 0 spiro atoms. The quantitative estimate of drug-likeness (QED) is 0.486. The highest BCUT2D eigenvalue weighted by Gasteiger charge is 2.00. The van der Waals surface area contributed by atoms with Crippen molar-refractivity contribution in [3.63, 3.8) is 0 Å². The van der Waals surface area contributed by atoms with Crippen LogP contribution in [0, 0.1) is 0 Å². The van der Waals surface area contributed by atoms with Crippen LogP contribution in [0.2, 0.25) is 0 Å². The molecule has 3 aromatic heterocycles. The number of fused-ring (bicyclic) bond motifs is 2. The predicted molar refractivity (Wildman–Crippen MR) is 50.4 cm³/mol. The third kappa shape index (κ3) is 0.990. The van der Waals surface area contributed by atoms with Gasteiger partial charge >= 0.3 is 0 Å². The monoisotopic (exact) mass is 183 g/mol. The molecule has 0 aliphatic carbocycles. The zero-order chi connectivity index (χ0) is 9.38.